The van der Waals surface area contributed by atoms with Crippen molar-refractivity contribution < 1.29 is 9.59 Å². The Bertz CT molecular complexity index is 449. The minimum atomic E-state index is -0.425. The van der Waals surface area contributed by atoms with Gasteiger partial charge in [-0.2, -0.15) is 0 Å². The second-order valence-electron chi connectivity index (χ2n) is 3.67. The monoisotopic (exact) mass is 314 g/mol. The van der Waals surface area contributed by atoms with Gasteiger partial charge in [0.1, 0.15) is 0 Å². The molecule has 0 unspecified atom stereocenters. The first-order valence-electron chi connectivity index (χ1n) is 6.77. The molecule has 2 nitrogen and oxygen atoms in total. The molecule has 0 spiro atoms. The molecule has 4 heteroatoms. The van der Waals surface area contributed by atoms with E-state index in [9.17, 15) is 9.59 Å². The van der Waals surface area contributed by atoms with Gasteiger partial charge < -0.3 is 0 Å². The van der Waals surface area contributed by atoms with Crippen molar-refractivity contribution in [2.75, 3.05) is 0 Å². The van der Waals surface area contributed by atoms with Gasteiger partial charge in [0, 0.05) is 24.0 Å². The molecule has 2 rings (SSSR count). The molecule has 0 fully saturated rings. The van der Waals surface area contributed by atoms with Crippen molar-refractivity contribution in [2.45, 2.75) is 40.5 Å². The van der Waals surface area contributed by atoms with Crippen LogP contribution >= 0.6 is 23.2 Å². The van der Waals surface area contributed by atoms with Crippen LogP contribution in [0.2, 0.25) is 0 Å². The van der Waals surface area contributed by atoms with Gasteiger partial charge in [-0.15, -0.1) is 0 Å². The van der Waals surface area contributed by atoms with Gasteiger partial charge in [0.15, 0.2) is 0 Å². The van der Waals surface area contributed by atoms with Crippen molar-refractivity contribution in [1.82, 2.24) is 0 Å². The van der Waals surface area contributed by atoms with E-state index in [1.54, 1.807) is 12.2 Å². The lowest BCUT2D eigenvalue weighted by Gasteiger charge is -2.04. The maximum Gasteiger partial charge on any atom is 0.248 e. The Morgan fingerprint density at radius 2 is 1.05 bits per heavy atom. The van der Waals surface area contributed by atoms with Crippen LogP contribution in [0.1, 0.15) is 40.5 Å². The summed E-state index contributed by atoms with van der Waals surface area (Å²) in [4.78, 5) is 21.9. The van der Waals surface area contributed by atoms with Gasteiger partial charge in [0.25, 0.3) is 0 Å². The molecule has 110 valence electrons. The fraction of sp³-hybridized carbons (Fsp3) is 0.375. The normalized spacial score (nSPS) is 15.7. The van der Waals surface area contributed by atoms with Crippen molar-refractivity contribution in [3.63, 3.8) is 0 Å². The average molecular weight is 315 g/mol. The third-order valence-electron chi connectivity index (χ3n) is 2.65. The molecular formula is C16H20Cl2O2. The van der Waals surface area contributed by atoms with Crippen molar-refractivity contribution >= 4 is 33.7 Å². The highest BCUT2D eigenvalue weighted by molar-refractivity contribution is 6.68. The first-order valence-corrected chi connectivity index (χ1v) is 7.53. The Labute approximate surface area is 130 Å². The van der Waals surface area contributed by atoms with E-state index in [1.807, 2.05) is 39.8 Å². The van der Waals surface area contributed by atoms with E-state index in [4.69, 9.17) is 23.2 Å². The largest absolute Gasteiger partial charge is 0.276 e. The standard InChI is InChI=1S/C12H8Cl2O2.2C2H6/c13-11(15)9-3-1-7(5-9)8-2-4-10(6-8)12(14)16;2*1-2/h1-4H,5-6H2;2*1-2H3. The van der Waals surface area contributed by atoms with E-state index in [0.717, 1.165) is 11.1 Å². The maximum atomic E-state index is 10.9. The Morgan fingerprint density at radius 1 is 0.750 bits per heavy atom. The van der Waals surface area contributed by atoms with E-state index >= 15 is 0 Å². The molecule has 0 aromatic carbocycles. The lowest BCUT2D eigenvalue weighted by atomic mass is 10.0. The van der Waals surface area contributed by atoms with Gasteiger partial charge in [0.2, 0.25) is 10.5 Å². The zero-order valence-electron chi connectivity index (χ0n) is 12.3. The van der Waals surface area contributed by atoms with Crippen molar-refractivity contribution in [3.8, 4) is 0 Å². The fourth-order valence-electron chi connectivity index (χ4n) is 1.76. The zero-order valence-corrected chi connectivity index (χ0v) is 13.8. The fourth-order valence-corrected chi connectivity index (χ4v) is 2.02. The topological polar surface area (TPSA) is 34.1 Å². The first kappa shape index (κ1) is 18.9. The SMILES string of the molecule is CC.CC.O=C(Cl)C1=CC=C(C2=CC=C(C(=O)Cl)C2)C1. The minimum absolute atomic E-state index is 0.425. The van der Waals surface area contributed by atoms with Crippen molar-refractivity contribution in [3.05, 3.63) is 46.6 Å². The molecule has 0 radical (unpaired) electrons. The van der Waals surface area contributed by atoms with Gasteiger partial charge >= 0.3 is 0 Å². The summed E-state index contributed by atoms with van der Waals surface area (Å²) in [5, 5.41) is -0.849. The first-order chi connectivity index (χ1) is 9.58. The van der Waals surface area contributed by atoms with Gasteiger partial charge in [-0.25, -0.2) is 0 Å². The Hall–Kier alpha value is -1.12. The Kier molecular flexibility index (Phi) is 9.19. The molecule has 0 N–H and O–H groups in total. The van der Waals surface area contributed by atoms with Crippen molar-refractivity contribution in [2.24, 2.45) is 0 Å². The molecule has 0 saturated heterocycles. The summed E-state index contributed by atoms with van der Waals surface area (Å²) in [7, 11) is 0. The van der Waals surface area contributed by atoms with Gasteiger partial charge in [-0.1, -0.05) is 52.0 Å². The number of carbonyl (C=O) groups excluding carboxylic acids is 2. The molecule has 0 aromatic heterocycles. The van der Waals surface area contributed by atoms with Crippen LogP contribution in [-0.2, 0) is 9.59 Å². The van der Waals surface area contributed by atoms with E-state index < -0.39 is 10.5 Å². The van der Waals surface area contributed by atoms with Crippen LogP contribution in [-0.4, -0.2) is 10.5 Å². The summed E-state index contributed by atoms with van der Waals surface area (Å²) in [6.07, 6.45) is 8.21. The molecule has 0 atom stereocenters. The second-order valence-corrected chi connectivity index (χ2v) is 4.36. The van der Waals surface area contributed by atoms with Gasteiger partial charge in [0.05, 0.1) is 0 Å². The summed E-state index contributed by atoms with van der Waals surface area (Å²) in [6.45, 7) is 8.00. The van der Waals surface area contributed by atoms with E-state index in [2.05, 4.69) is 0 Å². The number of carbonyl (C=O) groups is 2. The van der Waals surface area contributed by atoms with Crippen LogP contribution in [0, 0.1) is 0 Å². The predicted octanol–water partition coefficient (Wildman–Crippen LogP) is 5.08. The molecule has 0 saturated carbocycles. The average Bonchev–Trinajstić information content (AvgIpc) is 3.12. The van der Waals surface area contributed by atoms with Crippen molar-refractivity contribution in [1.29, 1.82) is 0 Å². The number of allylic oxidation sites excluding steroid dienone is 8. The van der Waals surface area contributed by atoms with E-state index in [1.165, 1.54) is 0 Å². The molecule has 2 aliphatic rings. The van der Waals surface area contributed by atoms with Crippen LogP contribution < -0.4 is 0 Å². The molecule has 2 aliphatic carbocycles. The highest BCUT2D eigenvalue weighted by Gasteiger charge is 2.20. The van der Waals surface area contributed by atoms with E-state index in [-0.39, 0.29) is 0 Å². The summed E-state index contributed by atoms with van der Waals surface area (Å²) in [5.41, 5.74) is 3.22. The molecule has 0 heterocycles. The maximum absolute atomic E-state index is 10.9. The summed E-state index contributed by atoms with van der Waals surface area (Å²) >= 11 is 10.8. The predicted molar refractivity (Wildman–Crippen MR) is 86.0 cm³/mol. The van der Waals surface area contributed by atoms with Crippen LogP contribution in [0.25, 0.3) is 0 Å². The highest BCUT2D eigenvalue weighted by atomic mass is 35.5. The van der Waals surface area contributed by atoms with Gasteiger partial charge in [-0.05, 0) is 34.3 Å². The smallest absolute Gasteiger partial charge is 0.248 e. The lowest BCUT2D eigenvalue weighted by Crippen LogP contribution is -1.95. The van der Waals surface area contributed by atoms with E-state index in [0.29, 0.717) is 24.0 Å². The summed E-state index contributed by atoms with van der Waals surface area (Å²) in [5.74, 6) is 0. The van der Waals surface area contributed by atoms with Crippen LogP contribution in [0.4, 0.5) is 0 Å². The quantitative estimate of drug-likeness (QED) is 0.680. The molecule has 0 bridgehead atoms. The molecular weight excluding hydrogens is 295 g/mol. The molecule has 20 heavy (non-hydrogen) atoms. The third-order valence-corrected chi connectivity index (χ3v) is 3.14. The number of hydrogen-bond acceptors (Lipinski definition) is 2. The Morgan fingerprint density at radius 3 is 1.25 bits per heavy atom. The summed E-state index contributed by atoms with van der Waals surface area (Å²) < 4.78 is 0. The summed E-state index contributed by atoms with van der Waals surface area (Å²) in [6, 6.07) is 0. The lowest BCUT2D eigenvalue weighted by molar-refractivity contribution is -0.109. The second kappa shape index (κ2) is 9.73. The molecule has 0 amide bonds. The van der Waals surface area contributed by atoms with Gasteiger partial charge in [-0.3, -0.25) is 9.59 Å². The van der Waals surface area contributed by atoms with Crippen LogP contribution in [0.5, 0.6) is 0 Å². The minimum Gasteiger partial charge on any atom is -0.276 e. The number of hydrogen-bond donors (Lipinski definition) is 0. The third kappa shape index (κ3) is 5.10. The Balaban J connectivity index is 0.000000829. The number of rotatable bonds is 3. The highest BCUT2D eigenvalue weighted by Crippen LogP contribution is 2.33. The van der Waals surface area contributed by atoms with Crippen LogP contribution in [0.3, 0.4) is 0 Å². The van der Waals surface area contributed by atoms with Crippen LogP contribution in [0.15, 0.2) is 46.6 Å². The number of halogens is 2. The zero-order chi connectivity index (χ0) is 15.7. The molecule has 0 aromatic rings. The molecule has 0 aliphatic heterocycles.